The average molecular weight is 457 g/mol. The van der Waals surface area contributed by atoms with Crippen LogP contribution in [-0.4, -0.2) is 57.3 Å². The number of hydrogen-bond donors (Lipinski definition) is 1. The summed E-state index contributed by atoms with van der Waals surface area (Å²) in [5.41, 5.74) is 0.841. The molecule has 9 heteroatoms. The lowest BCUT2D eigenvalue weighted by molar-refractivity contribution is -0.120. The number of nitrogens with one attached hydrogen (secondary N) is 1. The Balaban J connectivity index is 1.34. The molecule has 1 amide bonds. The molecule has 2 aromatic heterocycles. The first-order valence-corrected chi connectivity index (χ1v) is 12.9. The highest BCUT2D eigenvalue weighted by Crippen LogP contribution is 2.28. The predicted molar refractivity (Wildman–Crippen MR) is 128 cm³/mol. The second-order valence-electron chi connectivity index (χ2n) is 7.45. The van der Waals surface area contributed by atoms with Crippen molar-refractivity contribution in [2.75, 3.05) is 36.5 Å². The van der Waals surface area contributed by atoms with Crippen LogP contribution < -0.4 is 10.2 Å². The molecule has 0 spiro atoms. The Labute approximate surface area is 191 Å². The van der Waals surface area contributed by atoms with Crippen molar-refractivity contribution in [3.63, 3.8) is 0 Å². The van der Waals surface area contributed by atoms with E-state index in [2.05, 4.69) is 27.4 Å². The van der Waals surface area contributed by atoms with Crippen LogP contribution in [0.3, 0.4) is 0 Å². The van der Waals surface area contributed by atoms with Crippen LogP contribution in [0, 0.1) is 0 Å². The molecule has 0 bridgehead atoms. The first-order valence-electron chi connectivity index (χ1n) is 10.7. The number of piperidine rings is 1. The molecular weight excluding hydrogens is 428 g/mol. The number of fused-ring (bicyclic) bond motifs is 1. The maximum Gasteiger partial charge on any atom is 0.220 e. The van der Waals surface area contributed by atoms with Crippen molar-refractivity contribution in [1.82, 2.24) is 25.1 Å². The number of aromatic nitrogens is 4. The van der Waals surface area contributed by atoms with Gasteiger partial charge in [0.2, 0.25) is 5.91 Å². The first kappa shape index (κ1) is 22.0. The standard InChI is InChI=1S/C22H28N6OS2/c1-30-22-25-20(27-12-6-3-7-13-27)18-16-24-28(21(18)26-22)14-11-23-19(29)10-15-31-17-8-4-2-5-9-17/h2,4-5,8-9,16H,3,6-7,10-15H2,1H3,(H,23,29). The van der Waals surface area contributed by atoms with Gasteiger partial charge in [0.1, 0.15) is 5.82 Å². The van der Waals surface area contributed by atoms with Gasteiger partial charge in [0, 0.05) is 36.7 Å². The zero-order chi connectivity index (χ0) is 21.5. The number of carbonyl (C=O) groups excluding carboxylic acids is 1. The normalized spacial score (nSPS) is 14.2. The number of thioether (sulfide) groups is 2. The zero-order valence-corrected chi connectivity index (χ0v) is 19.4. The smallest absolute Gasteiger partial charge is 0.220 e. The SMILES string of the molecule is CSc1nc(N2CCCCC2)c2cnn(CCNC(=O)CCSc3ccccc3)c2n1. The van der Waals surface area contributed by atoms with Gasteiger partial charge in [-0.05, 0) is 37.7 Å². The van der Waals surface area contributed by atoms with Gasteiger partial charge in [-0.25, -0.2) is 14.6 Å². The summed E-state index contributed by atoms with van der Waals surface area (Å²) in [7, 11) is 0. The van der Waals surface area contributed by atoms with Gasteiger partial charge in [-0.1, -0.05) is 30.0 Å². The number of carbonyl (C=O) groups is 1. The van der Waals surface area contributed by atoms with Gasteiger partial charge in [0.25, 0.3) is 0 Å². The van der Waals surface area contributed by atoms with Crippen LogP contribution in [0.5, 0.6) is 0 Å². The minimum absolute atomic E-state index is 0.0633. The maximum absolute atomic E-state index is 12.2. The average Bonchev–Trinajstić information content (AvgIpc) is 3.22. The highest BCUT2D eigenvalue weighted by atomic mass is 32.2. The van der Waals surface area contributed by atoms with Crippen molar-refractivity contribution in [2.45, 2.75) is 42.3 Å². The lowest BCUT2D eigenvalue weighted by Gasteiger charge is -2.28. The van der Waals surface area contributed by atoms with E-state index >= 15 is 0 Å². The van der Waals surface area contributed by atoms with E-state index in [1.807, 2.05) is 35.3 Å². The van der Waals surface area contributed by atoms with Gasteiger partial charge in [0.05, 0.1) is 18.1 Å². The van der Waals surface area contributed by atoms with E-state index in [0.29, 0.717) is 19.5 Å². The van der Waals surface area contributed by atoms with E-state index in [9.17, 15) is 4.79 Å². The molecule has 1 fully saturated rings. The molecule has 3 aromatic rings. The highest BCUT2D eigenvalue weighted by Gasteiger charge is 2.19. The zero-order valence-electron chi connectivity index (χ0n) is 17.8. The van der Waals surface area contributed by atoms with Crippen LogP contribution in [-0.2, 0) is 11.3 Å². The lowest BCUT2D eigenvalue weighted by atomic mass is 10.1. The topological polar surface area (TPSA) is 75.9 Å². The van der Waals surface area contributed by atoms with Crippen molar-refractivity contribution in [3.05, 3.63) is 36.5 Å². The van der Waals surface area contributed by atoms with Crippen LogP contribution in [0.25, 0.3) is 11.0 Å². The molecule has 7 nitrogen and oxygen atoms in total. The lowest BCUT2D eigenvalue weighted by Crippen LogP contribution is -2.30. The third-order valence-electron chi connectivity index (χ3n) is 5.28. The minimum atomic E-state index is 0.0633. The van der Waals surface area contributed by atoms with Gasteiger partial charge >= 0.3 is 0 Å². The summed E-state index contributed by atoms with van der Waals surface area (Å²) in [5.74, 6) is 1.82. The molecule has 1 aromatic carbocycles. The molecule has 1 aliphatic rings. The van der Waals surface area contributed by atoms with Crippen molar-refractivity contribution in [3.8, 4) is 0 Å². The van der Waals surface area contributed by atoms with Gasteiger partial charge in [-0.15, -0.1) is 11.8 Å². The molecule has 0 radical (unpaired) electrons. The molecule has 1 aliphatic heterocycles. The number of nitrogens with zero attached hydrogens (tertiary/aromatic N) is 5. The minimum Gasteiger partial charge on any atom is -0.356 e. The third-order valence-corrected chi connectivity index (χ3v) is 6.84. The second-order valence-corrected chi connectivity index (χ2v) is 9.39. The number of amides is 1. The molecule has 0 aliphatic carbocycles. The molecule has 0 saturated carbocycles. The van der Waals surface area contributed by atoms with E-state index in [1.54, 1.807) is 23.5 Å². The van der Waals surface area contributed by atoms with E-state index in [1.165, 1.54) is 24.2 Å². The van der Waals surface area contributed by atoms with Crippen LogP contribution in [0.2, 0.25) is 0 Å². The van der Waals surface area contributed by atoms with Crippen molar-refractivity contribution >= 4 is 46.3 Å². The Morgan fingerprint density at radius 2 is 1.94 bits per heavy atom. The van der Waals surface area contributed by atoms with Crippen molar-refractivity contribution in [2.24, 2.45) is 0 Å². The number of anilines is 1. The van der Waals surface area contributed by atoms with Gasteiger partial charge < -0.3 is 10.2 Å². The van der Waals surface area contributed by atoms with Crippen LogP contribution in [0.1, 0.15) is 25.7 Å². The van der Waals surface area contributed by atoms with E-state index < -0.39 is 0 Å². The van der Waals surface area contributed by atoms with Crippen LogP contribution in [0.4, 0.5) is 5.82 Å². The van der Waals surface area contributed by atoms with E-state index in [-0.39, 0.29) is 5.91 Å². The Morgan fingerprint density at radius 3 is 2.71 bits per heavy atom. The molecule has 3 heterocycles. The number of hydrogen-bond acceptors (Lipinski definition) is 7. The highest BCUT2D eigenvalue weighted by molar-refractivity contribution is 7.99. The number of benzene rings is 1. The fraction of sp³-hybridized carbons (Fsp3) is 0.455. The summed E-state index contributed by atoms with van der Waals surface area (Å²) in [6.07, 6.45) is 8.03. The Hall–Kier alpha value is -2.26. The van der Waals surface area contributed by atoms with E-state index in [4.69, 9.17) is 9.97 Å². The Morgan fingerprint density at radius 1 is 1.13 bits per heavy atom. The Bertz CT molecular complexity index is 1000. The van der Waals surface area contributed by atoms with Gasteiger partial charge in [-0.2, -0.15) is 5.10 Å². The number of rotatable bonds is 9. The molecule has 0 atom stereocenters. The maximum atomic E-state index is 12.2. The van der Waals surface area contributed by atoms with Crippen LogP contribution >= 0.6 is 23.5 Å². The molecule has 164 valence electrons. The monoisotopic (exact) mass is 456 g/mol. The quantitative estimate of drug-likeness (QED) is 0.387. The first-order chi connectivity index (χ1) is 15.2. The second kappa shape index (κ2) is 10.9. The summed E-state index contributed by atoms with van der Waals surface area (Å²) in [4.78, 5) is 25.2. The summed E-state index contributed by atoms with van der Waals surface area (Å²) < 4.78 is 1.88. The fourth-order valence-electron chi connectivity index (χ4n) is 3.69. The molecule has 0 unspecified atom stereocenters. The molecule has 4 rings (SSSR count). The molecular formula is C22H28N6OS2. The fourth-order valence-corrected chi connectivity index (χ4v) is 4.92. The van der Waals surface area contributed by atoms with E-state index in [0.717, 1.165) is 40.9 Å². The molecule has 31 heavy (non-hydrogen) atoms. The third kappa shape index (κ3) is 5.71. The summed E-state index contributed by atoms with van der Waals surface area (Å²) in [6.45, 7) is 3.18. The summed E-state index contributed by atoms with van der Waals surface area (Å²) in [5, 5.41) is 9.31. The largest absolute Gasteiger partial charge is 0.356 e. The van der Waals surface area contributed by atoms with Crippen molar-refractivity contribution < 1.29 is 4.79 Å². The molecule has 1 saturated heterocycles. The Kier molecular flexibility index (Phi) is 7.69. The van der Waals surface area contributed by atoms with Crippen LogP contribution in [0.15, 0.2) is 46.6 Å². The summed E-state index contributed by atoms with van der Waals surface area (Å²) >= 11 is 3.25. The van der Waals surface area contributed by atoms with Gasteiger partial charge in [-0.3, -0.25) is 4.79 Å². The predicted octanol–water partition coefficient (Wildman–Crippen LogP) is 3.84. The van der Waals surface area contributed by atoms with Crippen molar-refractivity contribution in [1.29, 1.82) is 0 Å². The molecule has 1 N–H and O–H groups in total. The van der Waals surface area contributed by atoms with Gasteiger partial charge in [0.15, 0.2) is 10.8 Å². The summed E-state index contributed by atoms with van der Waals surface area (Å²) in [6, 6.07) is 10.2.